The van der Waals surface area contributed by atoms with E-state index in [0.29, 0.717) is 12.0 Å². The van der Waals surface area contributed by atoms with Gasteiger partial charge in [0, 0.05) is 18.0 Å². The first-order valence-corrected chi connectivity index (χ1v) is 7.61. The van der Waals surface area contributed by atoms with Gasteiger partial charge in [0.25, 0.3) is 5.91 Å². The zero-order valence-corrected chi connectivity index (χ0v) is 12.8. The van der Waals surface area contributed by atoms with E-state index in [-0.39, 0.29) is 18.6 Å². The molecule has 112 valence electrons. The molecule has 0 bridgehead atoms. The van der Waals surface area contributed by atoms with Crippen LogP contribution in [0.15, 0.2) is 18.2 Å². The van der Waals surface area contributed by atoms with Crippen LogP contribution in [0.4, 0.5) is 0 Å². The summed E-state index contributed by atoms with van der Waals surface area (Å²) in [7, 11) is 0. The molecule has 1 aromatic carbocycles. The Labute approximate surface area is 126 Å². The monoisotopic (exact) mass is 285 g/mol. The molecule has 1 saturated carbocycles. The minimum absolute atomic E-state index is 0.0404. The second-order valence-electron chi connectivity index (χ2n) is 5.88. The van der Waals surface area contributed by atoms with Gasteiger partial charge >= 0.3 is 0 Å². The Hall–Kier alpha value is -1.79. The van der Waals surface area contributed by atoms with Gasteiger partial charge in [0.05, 0.1) is 12.2 Å². The summed E-state index contributed by atoms with van der Waals surface area (Å²) in [5, 5.41) is 11.9. The first kappa shape index (κ1) is 15.6. The fourth-order valence-electron chi connectivity index (χ4n) is 2.39. The van der Waals surface area contributed by atoms with Crippen LogP contribution in [0.2, 0.25) is 0 Å². The van der Waals surface area contributed by atoms with Gasteiger partial charge in [-0.25, -0.2) is 0 Å². The topological polar surface area (TPSA) is 49.3 Å². The molecule has 21 heavy (non-hydrogen) atoms. The number of aryl methyl sites for hydroxylation is 1. The Morgan fingerprint density at radius 3 is 2.90 bits per heavy atom. The van der Waals surface area contributed by atoms with Crippen LogP contribution in [-0.2, 0) is 0 Å². The zero-order chi connectivity index (χ0) is 15.2. The molecule has 3 nitrogen and oxygen atoms in total. The molecule has 1 aliphatic rings. The van der Waals surface area contributed by atoms with Gasteiger partial charge in [-0.1, -0.05) is 30.7 Å². The number of aliphatic hydroxyl groups is 1. The van der Waals surface area contributed by atoms with Crippen LogP contribution in [0.3, 0.4) is 0 Å². The molecule has 0 radical (unpaired) electrons. The molecular formula is C18H23NO2. The molecule has 1 fully saturated rings. The molecular weight excluding hydrogens is 262 g/mol. The molecule has 1 aromatic rings. The summed E-state index contributed by atoms with van der Waals surface area (Å²) in [5.74, 6) is 6.62. The van der Waals surface area contributed by atoms with Crippen LogP contribution in [0.1, 0.15) is 54.1 Å². The lowest BCUT2D eigenvalue weighted by atomic mass is 10.0. The van der Waals surface area contributed by atoms with Crippen LogP contribution in [0.25, 0.3) is 0 Å². The largest absolute Gasteiger partial charge is 0.395 e. The van der Waals surface area contributed by atoms with E-state index in [2.05, 4.69) is 24.1 Å². The second kappa shape index (κ2) is 7.28. The number of hydrogen-bond acceptors (Lipinski definition) is 2. The van der Waals surface area contributed by atoms with E-state index in [9.17, 15) is 4.79 Å². The van der Waals surface area contributed by atoms with Crippen LogP contribution in [-0.4, -0.2) is 23.7 Å². The highest BCUT2D eigenvalue weighted by Gasteiger charge is 2.24. The fraction of sp³-hybridized carbons (Fsp3) is 0.500. The van der Waals surface area contributed by atoms with Gasteiger partial charge in [-0.05, 0) is 43.9 Å². The summed E-state index contributed by atoms with van der Waals surface area (Å²) in [4.78, 5) is 12.4. The van der Waals surface area contributed by atoms with E-state index in [1.807, 2.05) is 25.1 Å². The van der Waals surface area contributed by atoms with Crippen LogP contribution in [0, 0.1) is 24.7 Å². The number of aliphatic hydroxyl groups excluding tert-OH is 1. The Morgan fingerprint density at radius 2 is 2.24 bits per heavy atom. The number of carbonyl (C=O) groups excluding carboxylic acids is 1. The minimum Gasteiger partial charge on any atom is -0.395 e. The molecule has 0 aliphatic heterocycles. The molecule has 2 N–H and O–H groups in total. The number of hydrogen-bond donors (Lipinski definition) is 2. The van der Waals surface area contributed by atoms with E-state index >= 15 is 0 Å². The van der Waals surface area contributed by atoms with E-state index in [1.165, 1.54) is 12.8 Å². The number of nitrogens with one attached hydrogen (secondary N) is 1. The van der Waals surface area contributed by atoms with Crippen LogP contribution >= 0.6 is 0 Å². The quantitative estimate of drug-likeness (QED) is 0.817. The fourth-order valence-corrected chi connectivity index (χ4v) is 2.39. The van der Waals surface area contributed by atoms with E-state index in [0.717, 1.165) is 23.5 Å². The molecule has 0 heterocycles. The van der Waals surface area contributed by atoms with Crippen molar-refractivity contribution in [2.75, 3.05) is 6.61 Å². The highest BCUT2D eigenvalue weighted by atomic mass is 16.2. The maximum absolute atomic E-state index is 12.4. The smallest absolute Gasteiger partial charge is 0.252 e. The third-order valence-corrected chi connectivity index (χ3v) is 3.64. The lowest BCUT2D eigenvalue weighted by Gasteiger charge is -2.14. The molecule has 0 aromatic heterocycles. The third-order valence-electron chi connectivity index (χ3n) is 3.64. The molecule has 1 unspecified atom stereocenters. The maximum Gasteiger partial charge on any atom is 0.252 e. The van der Waals surface area contributed by atoms with Crippen molar-refractivity contribution < 1.29 is 9.90 Å². The summed E-state index contributed by atoms with van der Waals surface area (Å²) in [5.41, 5.74) is 2.43. The predicted molar refractivity (Wildman–Crippen MR) is 84.0 cm³/mol. The van der Waals surface area contributed by atoms with Crippen LogP contribution in [0.5, 0.6) is 0 Å². The standard InChI is InChI=1S/C18H23NO2/c1-13-6-9-17(16(11-13)5-3-4-10-20)18(21)19-14(2)12-15-7-8-15/h6,9,11,14-15,20H,4,7-8,10,12H2,1-2H3,(H,19,21). The minimum atomic E-state index is -0.0588. The number of carbonyl (C=O) groups is 1. The molecule has 0 saturated heterocycles. The van der Waals surface area contributed by atoms with Gasteiger partial charge in [0.1, 0.15) is 0 Å². The summed E-state index contributed by atoms with van der Waals surface area (Å²) >= 11 is 0. The summed E-state index contributed by atoms with van der Waals surface area (Å²) < 4.78 is 0. The summed E-state index contributed by atoms with van der Waals surface area (Å²) in [6.45, 7) is 4.08. The Bertz CT molecular complexity index is 564. The molecule has 1 atom stereocenters. The van der Waals surface area contributed by atoms with Gasteiger partial charge in [0.2, 0.25) is 0 Å². The highest BCUT2D eigenvalue weighted by Crippen LogP contribution is 2.33. The van der Waals surface area contributed by atoms with Crippen molar-refractivity contribution in [1.29, 1.82) is 0 Å². The summed E-state index contributed by atoms with van der Waals surface area (Å²) in [6.07, 6.45) is 4.07. The van der Waals surface area contributed by atoms with Crippen molar-refractivity contribution in [2.24, 2.45) is 5.92 Å². The van der Waals surface area contributed by atoms with Crippen molar-refractivity contribution in [2.45, 2.75) is 45.6 Å². The molecule has 2 rings (SSSR count). The van der Waals surface area contributed by atoms with Crippen molar-refractivity contribution in [3.8, 4) is 11.8 Å². The third kappa shape index (κ3) is 4.91. The van der Waals surface area contributed by atoms with Gasteiger partial charge in [-0.15, -0.1) is 0 Å². The first-order chi connectivity index (χ1) is 10.1. The maximum atomic E-state index is 12.4. The number of rotatable bonds is 5. The van der Waals surface area contributed by atoms with Crippen molar-refractivity contribution in [1.82, 2.24) is 5.32 Å². The lowest BCUT2D eigenvalue weighted by Crippen LogP contribution is -2.33. The number of benzene rings is 1. The SMILES string of the molecule is Cc1ccc(C(=O)NC(C)CC2CC2)c(C#CCCO)c1. The Morgan fingerprint density at radius 1 is 1.48 bits per heavy atom. The predicted octanol–water partition coefficient (Wildman–Crippen LogP) is 2.65. The van der Waals surface area contributed by atoms with Crippen molar-refractivity contribution in [3.05, 3.63) is 34.9 Å². The lowest BCUT2D eigenvalue weighted by molar-refractivity contribution is 0.0937. The normalized spacial score (nSPS) is 15.0. The van der Waals surface area contributed by atoms with Gasteiger partial charge in [-0.3, -0.25) is 4.79 Å². The van der Waals surface area contributed by atoms with Crippen LogP contribution < -0.4 is 5.32 Å². The molecule has 1 aliphatic carbocycles. The van der Waals surface area contributed by atoms with Gasteiger partial charge < -0.3 is 10.4 Å². The number of amides is 1. The zero-order valence-electron chi connectivity index (χ0n) is 12.8. The van der Waals surface area contributed by atoms with Gasteiger partial charge in [-0.2, -0.15) is 0 Å². The second-order valence-corrected chi connectivity index (χ2v) is 5.88. The Balaban J connectivity index is 2.09. The Kier molecular flexibility index (Phi) is 5.41. The van der Waals surface area contributed by atoms with E-state index in [4.69, 9.17) is 5.11 Å². The van der Waals surface area contributed by atoms with Crippen molar-refractivity contribution in [3.63, 3.8) is 0 Å². The summed E-state index contributed by atoms with van der Waals surface area (Å²) in [6, 6.07) is 5.88. The average molecular weight is 285 g/mol. The molecule has 3 heteroatoms. The van der Waals surface area contributed by atoms with E-state index < -0.39 is 0 Å². The molecule has 1 amide bonds. The average Bonchev–Trinajstić information content (AvgIpc) is 3.22. The van der Waals surface area contributed by atoms with E-state index in [1.54, 1.807) is 0 Å². The van der Waals surface area contributed by atoms with Gasteiger partial charge in [0.15, 0.2) is 0 Å². The first-order valence-electron chi connectivity index (χ1n) is 7.61. The van der Waals surface area contributed by atoms with Crippen molar-refractivity contribution >= 4 is 5.91 Å². The molecule has 0 spiro atoms. The highest BCUT2D eigenvalue weighted by molar-refractivity contribution is 5.97.